The van der Waals surface area contributed by atoms with Gasteiger partial charge in [-0.1, -0.05) is 30.3 Å². The average molecular weight is 258 g/mol. The second kappa shape index (κ2) is 5.97. The molecule has 4 heteroatoms. The summed E-state index contributed by atoms with van der Waals surface area (Å²) in [5.74, 6) is 0. The lowest BCUT2D eigenvalue weighted by Crippen LogP contribution is -2.23. The van der Waals surface area contributed by atoms with Crippen molar-refractivity contribution in [3.63, 3.8) is 0 Å². The Morgan fingerprint density at radius 3 is 2.63 bits per heavy atom. The van der Waals surface area contributed by atoms with Gasteiger partial charge in [0.1, 0.15) is 0 Å². The van der Waals surface area contributed by atoms with Gasteiger partial charge in [0, 0.05) is 25.7 Å². The molecule has 1 aromatic heterocycles. The number of hydrogen-bond donors (Lipinski definition) is 1. The van der Waals surface area contributed by atoms with Gasteiger partial charge in [-0.25, -0.2) is 0 Å². The fraction of sp³-hybridized carbons (Fsp3) is 0.467. The zero-order chi connectivity index (χ0) is 13.8. The monoisotopic (exact) mass is 258 g/mol. The summed E-state index contributed by atoms with van der Waals surface area (Å²) in [6.45, 7) is 7.37. The van der Waals surface area contributed by atoms with Crippen molar-refractivity contribution >= 4 is 0 Å². The number of benzene rings is 1. The van der Waals surface area contributed by atoms with Gasteiger partial charge in [0.05, 0.1) is 5.69 Å². The van der Waals surface area contributed by atoms with Crippen LogP contribution in [0.3, 0.4) is 0 Å². The van der Waals surface area contributed by atoms with Gasteiger partial charge < -0.3 is 5.32 Å². The minimum Gasteiger partial charge on any atom is -0.310 e. The van der Waals surface area contributed by atoms with Gasteiger partial charge >= 0.3 is 0 Å². The number of hydrogen-bond acceptors (Lipinski definition) is 3. The summed E-state index contributed by atoms with van der Waals surface area (Å²) >= 11 is 0. The van der Waals surface area contributed by atoms with Crippen molar-refractivity contribution in [3.8, 4) is 0 Å². The second-order valence-electron chi connectivity index (χ2n) is 5.04. The van der Waals surface area contributed by atoms with E-state index in [4.69, 9.17) is 0 Å². The Morgan fingerprint density at radius 1 is 1.26 bits per heavy atom. The maximum Gasteiger partial charge on any atom is 0.0845 e. The van der Waals surface area contributed by atoms with Gasteiger partial charge in [0.15, 0.2) is 0 Å². The highest BCUT2D eigenvalue weighted by Crippen LogP contribution is 2.20. The first-order valence-corrected chi connectivity index (χ1v) is 6.76. The van der Waals surface area contributed by atoms with E-state index in [9.17, 15) is 0 Å². The van der Waals surface area contributed by atoms with Gasteiger partial charge in [-0.15, -0.1) is 5.10 Å². The number of rotatable bonds is 5. The van der Waals surface area contributed by atoms with Crippen LogP contribution in [0.1, 0.15) is 35.3 Å². The zero-order valence-corrected chi connectivity index (χ0v) is 12.1. The summed E-state index contributed by atoms with van der Waals surface area (Å²) in [6, 6.07) is 6.94. The van der Waals surface area contributed by atoms with Gasteiger partial charge in [0.2, 0.25) is 0 Å². The Labute approximate surface area is 114 Å². The van der Waals surface area contributed by atoms with E-state index in [0.29, 0.717) is 6.04 Å². The summed E-state index contributed by atoms with van der Waals surface area (Å²) in [6.07, 6.45) is 2.84. The maximum atomic E-state index is 4.18. The van der Waals surface area contributed by atoms with Crippen LogP contribution in [0.15, 0.2) is 24.4 Å². The van der Waals surface area contributed by atoms with Crippen LogP contribution in [0.4, 0.5) is 0 Å². The van der Waals surface area contributed by atoms with Crippen molar-refractivity contribution in [2.75, 3.05) is 6.54 Å². The lowest BCUT2D eigenvalue weighted by molar-refractivity contribution is 0.543. The first-order valence-electron chi connectivity index (χ1n) is 6.76. The molecule has 4 nitrogen and oxygen atoms in total. The molecular formula is C15H22N4. The molecule has 1 atom stereocenters. The molecule has 0 aliphatic rings. The van der Waals surface area contributed by atoms with E-state index in [1.165, 1.54) is 16.7 Å². The van der Waals surface area contributed by atoms with Crippen molar-refractivity contribution in [3.05, 3.63) is 46.8 Å². The fourth-order valence-electron chi connectivity index (χ4n) is 2.23. The van der Waals surface area contributed by atoms with Crippen LogP contribution in [0, 0.1) is 13.8 Å². The van der Waals surface area contributed by atoms with Crippen LogP contribution in [-0.4, -0.2) is 21.5 Å². The lowest BCUT2D eigenvalue weighted by atomic mass is 9.98. The normalized spacial score (nSPS) is 12.6. The highest BCUT2D eigenvalue weighted by molar-refractivity contribution is 5.32. The molecule has 2 aromatic rings. The number of likely N-dealkylation sites (N-methyl/N-ethyl adjacent to an activating group) is 1. The van der Waals surface area contributed by atoms with Gasteiger partial charge in [-0.05, 0) is 37.1 Å². The van der Waals surface area contributed by atoms with E-state index in [-0.39, 0.29) is 0 Å². The Hall–Kier alpha value is -1.68. The zero-order valence-electron chi connectivity index (χ0n) is 12.1. The van der Waals surface area contributed by atoms with Crippen LogP contribution >= 0.6 is 0 Å². The standard InChI is InChI=1S/C15H22N4/c1-5-16-15(9-14-10-19(4)18-17-14)13-7-6-11(2)12(3)8-13/h6-8,10,15-16H,5,9H2,1-4H3. The summed E-state index contributed by atoms with van der Waals surface area (Å²) < 4.78 is 1.75. The number of nitrogens with one attached hydrogen (secondary N) is 1. The molecule has 102 valence electrons. The van der Waals surface area contributed by atoms with E-state index >= 15 is 0 Å². The lowest BCUT2D eigenvalue weighted by Gasteiger charge is -2.18. The van der Waals surface area contributed by atoms with E-state index in [1.807, 2.05) is 13.2 Å². The van der Waals surface area contributed by atoms with Crippen LogP contribution in [0.5, 0.6) is 0 Å². The summed E-state index contributed by atoms with van der Waals surface area (Å²) in [5, 5.41) is 11.7. The first kappa shape index (κ1) is 13.7. The minimum atomic E-state index is 0.293. The quantitative estimate of drug-likeness (QED) is 0.895. The average Bonchev–Trinajstić information content (AvgIpc) is 2.78. The van der Waals surface area contributed by atoms with Gasteiger partial charge in [0.25, 0.3) is 0 Å². The first-order chi connectivity index (χ1) is 9.10. The predicted octanol–water partition coefficient (Wildman–Crippen LogP) is 2.33. The van der Waals surface area contributed by atoms with Crippen molar-refractivity contribution in [1.82, 2.24) is 20.3 Å². The molecule has 0 aliphatic heterocycles. The molecule has 0 aliphatic carbocycles. The SMILES string of the molecule is CCNC(Cc1cn(C)nn1)c1ccc(C)c(C)c1. The largest absolute Gasteiger partial charge is 0.310 e. The number of aryl methyl sites for hydroxylation is 3. The van der Waals surface area contributed by atoms with Crippen LogP contribution in [-0.2, 0) is 13.5 Å². The fourth-order valence-corrected chi connectivity index (χ4v) is 2.23. The molecule has 0 spiro atoms. The number of aromatic nitrogens is 3. The number of nitrogens with zero attached hydrogens (tertiary/aromatic N) is 3. The van der Waals surface area contributed by atoms with Gasteiger partial charge in [-0.2, -0.15) is 0 Å². The highest BCUT2D eigenvalue weighted by Gasteiger charge is 2.13. The van der Waals surface area contributed by atoms with Crippen molar-refractivity contribution < 1.29 is 0 Å². The predicted molar refractivity (Wildman–Crippen MR) is 77.0 cm³/mol. The molecule has 1 unspecified atom stereocenters. The molecule has 0 bridgehead atoms. The molecule has 0 fully saturated rings. The third-order valence-corrected chi connectivity index (χ3v) is 3.45. The summed E-state index contributed by atoms with van der Waals surface area (Å²) in [7, 11) is 1.90. The highest BCUT2D eigenvalue weighted by atomic mass is 15.4. The van der Waals surface area contributed by atoms with Crippen molar-refractivity contribution in [2.45, 2.75) is 33.2 Å². The maximum absolute atomic E-state index is 4.18. The van der Waals surface area contributed by atoms with Crippen LogP contribution < -0.4 is 5.32 Å². The van der Waals surface area contributed by atoms with E-state index < -0.39 is 0 Å². The van der Waals surface area contributed by atoms with E-state index in [1.54, 1.807) is 4.68 Å². The molecule has 1 N–H and O–H groups in total. The summed E-state index contributed by atoms with van der Waals surface area (Å²) in [4.78, 5) is 0. The topological polar surface area (TPSA) is 42.7 Å². The molecule has 1 heterocycles. The Kier molecular flexibility index (Phi) is 4.32. The Morgan fingerprint density at radius 2 is 2.05 bits per heavy atom. The Bertz CT molecular complexity index is 545. The Balaban J connectivity index is 2.21. The van der Waals surface area contributed by atoms with Crippen molar-refractivity contribution in [2.24, 2.45) is 7.05 Å². The third kappa shape index (κ3) is 3.41. The molecule has 0 saturated carbocycles. The summed E-state index contributed by atoms with van der Waals surface area (Å²) in [5.41, 5.74) is 5.00. The minimum absolute atomic E-state index is 0.293. The molecule has 0 saturated heterocycles. The molecule has 0 amide bonds. The molecule has 19 heavy (non-hydrogen) atoms. The molecule has 0 radical (unpaired) electrons. The van der Waals surface area contributed by atoms with Crippen LogP contribution in [0.25, 0.3) is 0 Å². The van der Waals surface area contributed by atoms with Crippen LogP contribution in [0.2, 0.25) is 0 Å². The molecule has 2 rings (SSSR count). The van der Waals surface area contributed by atoms with E-state index in [2.05, 4.69) is 54.6 Å². The second-order valence-corrected chi connectivity index (χ2v) is 5.04. The molecular weight excluding hydrogens is 236 g/mol. The van der Waals surface area contributed by atoms with Crippen molar-refractivity contribution in [1.29, 1.82) is 0 Å². The smallest absolute Gasteiger partial charge is 0.0845 e. The van der Waals surface area contributed by atoms with E-state index in [0.717, 1.165) is 18.7 Å². The molecule has 1 aromatic carbocycles. The van der Waals surface area contributed by atoms with Gasteiger partial charge in [-0.3, -0.25) is 4.68 Å². The third-order valence-electron chi connectivity index (χ3n) is 3.45.